The monoisotopic (exact) mass is 226 g/mol. The molecule has 1 saturated carbocycles. The molecule has 1 amide bonds. The topological polar surface area (TPSA) is 32.3 Å². The number of hydrogen-bond acceptors (Lipinski definition) is 2. The van der Waals surface area contributed by atoms with E-state index in [1.165, 1.54) is 19.3 Å². The van der Waals surface area contributed by atoms with Crippen molar-refractivity contribution in [3.05, 3.63) is 0 Å². The third kappa shape index (κ3) is 3.21. The minimum absolute atomic E-state index is 0.240. The normalized spacial score (nSPS) is 17.0. The quantitative estimate of drug-likeness (QED) is 0.751. The van der Waals surface area contributed by atoms with E-state index in [1.54, 1.807) is 0 Å². The van der Waals surface area contributed by atoms with Crippen LogP contribution in [-0.2, 0) is 4.79 Å². The Labute approximate surface area is 99.6 Å². The highest BCUT2D eigenvalue weighted by atomic mass is 16.2. The molecule has 0 aliphatic heterocycles. The van der Waals surface area contributed by atoms with Gasteiger partial charge in [-0.25, -0.2) is 0 Å². The summed E-state index contributed by atoms with van der Waals surface area (Å²) in [5.41, 5.74) is -0.422. The first-order valence-corrected chi connectivity index (χ1v) is 6.55. The average Bonchev–Trinajstić information content (AvgIpc) is 2.15. The second-order valence-electron chi connectivity index (χ2n) is 5.30. The summed E-state index contributed by atoms with van der Waals surface area (Å²) in [7, 11) is 0. The van der Waals surface area contributed by atoms with Gasteiger partial charge < -0.3 is 10.2 Å². The molecule has 1 aliphatic rings. The molecule has 0 atom stereocenters. The van der Waals surface area contributed by atoms with E-state index in [0.29, 0.717) is 0 Å². The molecule has 0 aromatic heterocycles. The molecule has 3 heteroatoms. The minimum Gasteiger partial charge on any atom is -0.341 e. The highest BCUT2D eigenvalue weighted by molar-refractivity contribution is 5.85. The maximum Gasteiger partial charge on any atom is 0.242 e. The maximum absolute atomic E-state index is 12.3. The van der Waals surface area contributed by atoms with Crippen LogP contribution >= 0.6 is 0 Å². The molecule has 0 radical (unpaired) electrons. The lowest BCUT2D eigenvalue weighted by Crippen LogP contribution is -2.55. The molecule has 1 aliphatic carbocycles. The Bertz CT molecular complexity index is 234. The summed E-state index contributed by atoms with van der Waals surface area (Å²) in [5, 5.41) is 3.25. The fourth-order valence-corrected chi connectivity index (χ4v) is 2.26. The summed E-state index contributed by atoms with van der Waals surface area (Å²) in [6.07, 6.45) is 3.93. The number of nitrogens with zero attached hydrogens (tertiary/aromatic N) is 1. The van der Waals surface area contributed by atoms with Crippen LogP contribution in [0.25, 0.3) is 0 Å². The van der Waals surface area contributed by atoms with Crippen LogP contribution < -0.4 is 5.32 Å². The standard InChI is InChI=1S/C13H26N2O/c1-5-14-13(3,4)12(16)15(6-2)10-11-8-7-9-11/h11,14H,5-10H2,1-4H3. The zero-order valence-corrected chi connectivity index (χ0v) is 11.2. The predicted octanol–water partition coefficient (Wildman–Crippen LogP) is 2.02. The van der Waals surface area contributed by atoms with Crippen LogP contribution in [0.4, 0.5) is 0 Å². The zero-order chi connectivity index (χ0) is 12.2. The van der Waals surface area contributed by atoms with Crippen LogP contribution in [0.2, 0.25) is 0 Å². The first-order valence-electron chi connectivity index (χ1n) is 6.55. The van der Waals surface area contributed by atoms with Crippen LogP contribution in [0, 0.1) is 5.92 Å². The van der Waals surface area contributed by atoms with Crippen molar-refractivity contribution in [2.75, 3.05) is 19.6 Å². The van der Waals surface area contributed by atoms with Crippen molar-refractivity contribution in [1.82, 2.24) is 10.2 Å². The van der Waals surface area contributed by atoms with Crippen LogP contribution in [0.1, 0.15) is 47.0 Å². The lowest BCUT2D eigenvalue weighted by atomic mass is 9.85. The molecule has 0 aromatic carbocycles. The third-order valence-corrected chi connectivity index (χ3v) is 3.53. The third-order valence-electron chi connectivity index (χ3n) is 3.53. The second-order valence-corrected chi connectivity index (χ2v) is 5.30. The summed E-state index contributed by atoms with van der Waals surface area (Å²) in [6, 6.07) is 0. The van der Waals surface area contributed by atoms with E-state index in [4.69, 9.17) is 0 Å². The number of rotatable bonds is 6. The van der Waals surface area contributed by atoms with E-state index < -0.39 is 5.54 Å². The number of carbonyl (C=O) groups excluding carboxylic acids is 1. The number of carbonyl (C=O) groups is 1. The van der Waals surface area contributed by atoms with Crippen LogP contribution in [0.5, 0.6) is 0 Å². The van der Waals surface area contributed by atoms with Crippen molar-refractivity contribution in [3.63, 3.8) is 0 Å². The molecule has 1 fully saturated rings. The van der Waals surface area contributed by atoms with Gasteiger partial charge >= 0.3 is 0 Å². The maximum atomic E-state index is 12.3. The lowest BCUT2D eigenvalue weighted by Gasteiger charge is -2.36. The lowest BCUT2D eigenvalue weighted by molar-refractivity contribution is -0.138. The molecule has 1 rings (SSSR count). The Morgan fingerprint density at radius 1 is 1.38 bits per heavy atom. The van der Waals surface area contributed by atoms with Gasteiger partial charge in [-0.3, -0.25) is 4.79 Å². The van der Waals surface area contributed by atoms with Gasteiger partial charge in [0.1, 0.15) is 0 Å². The molecular formula is C13H26N2O. The van der Waals surface area contributed by atoms with Gasteiger partial charge in [-0.1, -0.05) is 13.3 Å². The highest BCUT2D eigenvalue weighted by Crippen LogP contribution is 2.27. The van der Waals surface area contributed by atoms with Gasteiger partial charge in [-0.15, -0.1) is 0 Å². The molecule has 3 nitrogen and oxygen atoms in total. The molecule has 0 spiro atoms. The SMILES string of the molecule is CCNC(C)(C)C(=O)N(CC)CC1CCC1. The van der Waals surface area contributed by atoms with E-state index in [-0.39, 0.29) is 5.91 Å². The second kappa shape index (κ2) is 5.67. The molecule has 0 aromatic rings. The fourth-order valence-electron chi connectivity index (χ4n) is 2.26. The molecule has 1 N–H and O–H groups in total. The number of amides is 1. The molecule has 0 bridgehead atoms. The molecule has 0 unspecified atom stereocenters. The Kier molecular flexibility index (Phi) is 4.78. The van der Waals surface area contributed by atoms with Gasteiger partial charge in [-0.05, 0) is 46.1 Å². The summed E-state index contributed by atoms with van der Waals surface area (Å²) < 4.78 is 0. The Balaban J connectivity index is 2.53. The van der Waals surface area contributed by atoms with E-state index >= 15 is 0 Å². The Hall–Kier alpha value is -0.570. The summed E-state index contributed by atoms with van der Waals surface area (Å²) in [5.74, 6) is 0.991. The Morgan fingerprint density at radius 2 is 2.00 bits per heavy atom. The van der Waals surface area contributed by atoms with Gasteiger partial charge in [0.25, 0.3) is 0 Å². The number of nitrogens with one attached hydrogen (secondary N) is 1. The van der Waals surface area contributed by atoms with E-state index in [0.717, 1.165) is 25.6 Å². The van der Waals surface area contributed by atoms with Crippen LogP contribution in [-0.4, -0.2) is 36.0 Å². The number of hydrogen-bond donors (Lipinski definition) is 1. The molecule has 0 heterocycles. The summed E-state index contributed by atoms with van der Waals surface area (Å²) in [4.78, 5) is 14.3. The van der Waals surface area contributed by atoms with Crippen molar-refractivity contribution >= 4 is 5.91 Å². The average molecular weight is 226 g/mol. The van der Waals surface area contributed by atoms with Gasteiger partial charge in [0.15, 0.2) is 0 Å². The minimum atomic E-state index is -0.422. The summed E-state index contributed by atoms with van der Waals surface area (Å²) in [6.45, 7) is 10.7. The van der Waals surface area contributed by atoms with Crippen molar-refractivity contribution in [3.8, 4) is 0 Å². The van der Waals surface area contributed by atoms with Crippen LogP contribution in [0.15, 0.2) is 0 Å². The van der Waals surface area contributed by atoms with Crippen LogP contribution in [0.3, 0.4) is 0 Å². The number of likely N-dealkylation sites (N-methyl/N-ethyl adjacent to an activating group) is 2. The van der Waals surface area contributed by atoms with E-state index in [2.05, 4.69) is 12.2 Å². The van der Waals surface area contributed by atoms with Gasteiger partial charge in [0.05, 0.1) is 5.54 Å². The van der Waals surface area contributed by atoms with E-state index in [1.807, 2.05) is 25.7 Å². The van der Waals surface area contributed by atoms with Crippen molar-refractivity contribution in [2.24, 2.45) is 5.92 Å². The smallest absolute Gasteiger partial charge is 0.242 e. The molecule has 94 valence electrons. The highest BCUT2D eigenvalue weighted by Gasteiger charge is 2.32. The van der Waals surface area contributed by atoms with Gasteiger partial charge in [0.2, 0.25) is 5.91 Å². The van der Waals surface area contributed by atoms with E-state index in [9.17, 15) is 4.79 Å². The Morgan fingerprint density at radius 3 is 2.38 bits per heavy atom. The van der Waals surface area contributed by atoms with Crippen molar-refractivity contribution in [2.45, 2.75) is 52.5 Å². The molecular weight excluding hydrogens is 200 g/mol. The molecule has 16 heavy (non-hydrogen) atoms. The predicted molar refractivity (Wildman–Crippen MR) is 67.4 cm³/mol. The summed E-state index contributed by atoms with van der Waals surface area (Å²) >= 11 is 0. The zero-order valence-electron chi connectivity index (χ0n) is 11.2. The van der Waals surface area contributed by atoms with Crippen molar-refractivity contribution in [1.29, 1.82) is 0 Å². The fraction of sp³-hybridized carbons (Fsp3) is 0.923. The van der Waals surface area contributed by atoms with Gasteiger partial charge in [0, 0.05) is 13.1 Å². The van der Waals surface area contributed by atoms with Gasteiger partial charge in [-0.2, -0.15) is 0 Å². The largest absolute Gasteiger partial charge is 0.341 e. The van der Waals surface area contributed by atoms with Crippen molar-refractivity contribution < 1.29 is 4.79 Å². The molecule has 0 saturated heterocycles. The first-order chi connectivity index (χ1) is 7.51. The first kappa shape index (κ1) is 13.5.